The Morgan fingerprint density at radius 1 is 1.00 bits per heavy atom. The third kappa shape index (κ3) is 4.26. The molecule has 1 aliphatic rings. The Balaban J connectivity index is 0.00000128. The lowest BCUT2D eigenvalue weighted by Gasteiger charge is -2.23. The number of nitrogens with zero attached hydrogens (tertiary/aromatic N) is 1. The van der Waals surface area contributed by atoms with Crippen LogP contribution in [0.1, 0.15) is 24.8 Å². The van der Waals surface area contributed by atoms with E-state index < -0.39 is 0 Å². The zero-order valence-corrected chi connectivity index (χ0v) is 10.2. The molecule has 0 saturated carbocycles. The van der Waals surface area contributed by atoms with Gasteiger partial charge in [-0.15, -0.1) is 0 Å². The van der Waals surface area contributed by atoms with E-state index in [0.29, 0.717) is 0 Å². The van der Waals surface area contributed by atoms with E-state index in [1.807, 2.05) is 18.2 Å². The minimum absolute atomic E-state index is 0. The largest absolute Gasteiger partial charge is 1.00 e. The summed E-state index contributed by atoms with van der Waals surface area (Å²) in [6.45, 7) is 3.38. The first-order valence-electron chi connectivity index (χ1n) is 5.71. The summed E-state index contributed by atoms with van der Waals surface area (Å²) in [4.78, 5) is 2.44. The molecule has 2 heteroatoms. The van der Waals surface area contributed by atoms with Crippen molar-refractivity contribution in [3.63, 3.8) is 0 Å². The highest BCUT2D eigenvalue weighted by Gasteiger charge is 2.07. The van der Waals surface area contributed by atoms with Crippen molar-refractivity contribution in [2.24, 2.45) is 0 Å². The summed E-state index contributed by atoms with van der Waals surface area (Å²) in [7, 11) is 0. The molecule has 0 aliphatic carbocycles. The maximum Gasteiger partial charge on any atom is 0.0605 e. The van der Waals surface area contributed by atoms with E-state index >= 15 is 0 Å². The van der Waals surface area contributed by atoms with Crippen molar-refractivity contribution in [1.29, 1.82) is 0 Å². The highest BCUT2D eigenvalue weighted by atomic mass is 35.5. The van der Waals surface area contributed by atoms with Crippen molar-refractivity contribution in [1.82, 2.24) is 4.90 Å². The van der Waals surface area contributed by atoms with E-state index in [1.165, 1.54) is 32.4 Å². The molecule has 0 aromatic heterocycles. The highest BCUT2D eigenvalue weighted by molar-refractivity contribution is 5.33. The normalized spacial score (nSPS) is 15.8. The Kier molecular flexibility index (Phi) is 6.00. The number of likely N-dealkylation sites (tertiary alicyclic amines) is 1. The lowest BCUT2D eigenvalue weighted by atomic mass is 10.1. The van der Waals surface area contributed by atoms with Crippen LogP contribution in [0.5, 0.6) is 0 Å². The summed E-state index contributed by atoms with van der Waals surface area (Å²) in [5.74, 6) is 6.45. The first kappa shape index (κ1) is 13.1. The van der Waals surface area contributed by atoms with Gasteiger partial charge in [0, 0.05) is 5.56 Å². The zero-order chi connectivity index (χ0) is 10.3. The van der Waals surface area contributed by atoms with Crippen LogP contribution < -0.4 is 12.4 Å². The van der Waals surface area contributed by atoms with Gasteiger partial charge < -0.3 is 12.4 Å². The molecular weight excluding hydrogens is 218 g/mol. The Labute approximate surface area is 104 Å². The summed E-state index contributed by atoms with van der Waals surface area (Å²) < 4.78 is 0. The molecule has 0 spiro atoms. The Hall–Kier alpha value is -0.970. The number of hydrogen-bond donors (Lipinski definition) is 0. The number of rotatable bonds is 1. The third-order valence-corrected chi connectivity index (χ3v) is 2.76. The molecule has 0 bridgehead atoms. The van der Waals surface area contributed by atoms with Crippen molar-refractivity contribution in [3.05, 3.63) is 35.9 Å². The number of halogens is 1. The maximum atomic E-state index is 3.25. The fourth-order valence-electron chi connectivity index (χ4n) is 1.89. The van der Waals surface area contributed by atoms with E-state index in [2.05, 4.69) is 28.9 Å². The number of benzene rings is 1. The summed E-state index contributed by atoms with van der Waals surface area (Å²) in [5.41, 5.74) is 1.12. The average molecular weight is 235 g/mol. The van der Waals surface area contributed by atoms with Crippen LogP contribution in [0.4, 0.5) is 0 Å². The molecule has 86 valence electrons. The van der Waals surface area contributed by atoms with Gasteiger partial charge in [0.05, 0.1) is 6.54 Å². The predicted octanol–water partition coefficient (Wildman–Crippen LogP) is -0.472. The molecule has 1 aliphatic heterocycles. The second kappa shape index (κ2) is 7.33. The van der Waals surface area contributed by atoms with Crippen LogP contribution in [0, 0.1) is 11.8 Å². The first-order valence-corrected chi connectivity index (χ1v) is 5.71. The Bertz CT molecular complexity index is 344. The van der Waals surface area contributed by atoms with Gasteiger partial charge in [0.25, 0.3) is 0 Å². The van der Waals surface area contributed by atoms with E-state index in [-0.39, 0.29) is 12.4 Å². The molecule has 16 heavy (non-hydrogen) atoms. The molecule has 1 saturated heterocycles. The molecule has 0 amide bonds. The smallest absolute Gasteiger partial charge is 0.0605 e. The second-order valence-electron chi connectivity index (χ2n) is 4.00. The zero-order valence-electron chi connectivity index (χ0n) is 9.45. The van der Waals surface area contributed by atoms with Crippen LogP contribution in [0.3, 0.4) is 0 Å². The van der Waals surface area contributed by atoms with Crippen LogP contribution in [-0.2, 0) is 0 Å². The van der Waals surface area contributed by atoms with Gasteiger partial charge in [-0.1, -0.05) is 36.5 Å². The third-order valence-electron chi connectivity index (χ3n) is 2.76. The highest BCUT2D eigenvalue weighted by Crippen LogP contribution is 2.07. The van der Waals surface area contributed by atoms with Crippen LogP contribution in [0.15, 0.2) is 30.3 Å². The topological polar surface area (TPSA) is 3.24 Å². The predicted molar refractivity (Wildman–Crippen MR) is 63.6 cm³/mol. The maximum absolute atomic E-state index is 3.25. The van der Waals surface area contributed by atoms with Gasteiger partial charge in [-0.2, -0.15) is 0 Å². The van der Waals surface area contributed by atoms with Gasteiger partial charge >= 0.3 is 0 Å². The molecule has 0 unspecified atom stereocenters. The van der Waals surface area contributed by atoms with Crippen LogP contribution in [0.25, 0.3) is 0 Å². The van der Waals surface area contributed by atoms with Gasteiger partial charge in [0.15, 0.2) is 0 Å². The van der Waals surface area contributed by atoms with Gasteiger partial charge in [0.2, 0.25) is 0 Å². The average Bonchev–Trinajstić information content (AvgIpc) is 2.32. The Morgan fingerprint density at radius 2 is 1.69 bits per heavy atom. The molecular formula is C14H17ClN-. The molecule has 2 rings (SSSR count). The summed E-state index contributed by atoms with van der Waals surface area (Å²) in [6, 6.07) is 10.2. The summed E-state index contributed by atoms with van der Waals surface area (Å²) >= 11 is 0. The van der Waals surface area contributed by atoms with Gasteiger partial charge in [-0.05, 0) is 38.1 Å². The molecule has 0 atom stereocenters. The minimum Gasteiger partial charge on any atom is -1.00 e. The van der Waals surface area contributed by atoms with Crippen molar-refractivity contribution in [2.75, 3.05) is 19.6 Å². The fourth-order valence-corrected chi connectivity index (χ4v) is 1.89. The molecule has 1 heterocycles. The molecule has 0 N–H and O–H groups in total. The molecule has 1 aromatic carbocycles. The minimum atomic E-state index is 0. The number of hydrogen-bond acceptors (Lipinski definition) is 1. The lowest BCUT2D eigenvalue weighted by molar-refractivity contribution is -0.00000304. The standard InChI is InChI=1S/C14H17N.ClH/c1-3-8-14(9-4-1)10-7-13-15-11-5-2-6-12-15;/h1,3-4,8-9H,2,5-6,11-13H2;1H/p-1. The van der Waals surface area contributed by atoms with Gasteiger partial charge in [0.1, 0.15) is 0 Å². The molecule has 0 radical (unpaired) electrons. The number of piperidine rings is 1. The second-order valence-corrected chi connectivity index (χ2v) is 4.00. The summed E-state index contributed by atoms with van der Waals surface area (Å²) in [6.07, 6.45) is 4.07. The Morgan fingerprint density at radius 3 is 2.38 bits per heavy atom. The molecule has 1 nitrogen and oxygen atoms in total. The van der Waals surface area contributed by atoms with Crippen molar-refractivity contribution in [3.8, 4) is 11.8 Å². The van der Waals surface area contributed by atoms with Crippen molar-refractivity contribution in [2.45, 2.75) is 19.3 Å². The van der Waals surface area contributed by atoms with Gasteiger partial charge in [-0.3, -0.25) is 4.90 Å². The van der Waals surface area contributed by atoms with E-state index in [9.17, 15) is 0 Å². The first-order chi connectivity index (χ1) is 7.45. The van der Waals surface area contributed by atoms with E-state index in [1.54, 1.807) is 0 Å². The fraction of sp³-hybridized carbons (Fsp3) is 0.429. The lowest BCUT2D eigenvalue weighted by Crippen LogP contribution is -3.00. The quantitative estimate of drug-likeness (QED) is 0.594. The van der Waals surface area contributed by atoms with Crippen LogP contribution >= 0.6 is 0 Å². The SMILES string of the molecule is C(#Cc1ccccc1)CN1CCCCC1.[Cl-]. The van der Waals surface area contributed by atoms with E-state index in [4.69, 9.17) is 0 Å². The molecule has 1 fully saturated rings. The van der Waals surface area contributed by atoms with Crippen molar-refractivity contribution >= 4 is 0 Å². The van der Waals surface area contributed by atoms with Crippen LogP contribution in [-0.4, -0.2) is 24.5 Å². The van der Waals surface area contributed by atoms with Crippen molar-refractivity contribution < 1.29 is 12.4 Å². The molecule has 1 aromatic rings. The van der Waals surface area contributed by atoms with Gasteiger partial charge in [-0.25, -0.2) is 0 Å². The summed E-state index contributed by atoms with van der Waals surface area (Å²) in [5, 5.41) is 0. The monoisotopic (exact) mass is 234 g/mol. The van der Waals surface area contributed by atoms with E-state index in [0.717, 1.165) is 12.1 Å². The van der Waals surface area contributed by atoms with Crippen LogP contribution in [0.2, 0.25) is 0 Å².